The maximum atomic E-state index is 13.3. The quantitative estimate of drug-likeness (QED) is 0.386. The van der Waals surface area contributed by atoms with Crippen LogP contribution in [0.5, 0.6) is 0 Å². The van der Waals surface area contributed by atoms with Gasteiger partial charge in [-0.2, -0.15) is 15.2 Å². The second-order valence-corrected chi connectivity index (χ2v) is 8.96. The van der Waals surface area contributed by atoms with E-state index >= 15 is 0 Å². The SMILES string of the molecule is Cc1nc(N/N=C2/C(=O)N(c3nc(-c4ccccc4)cs3)N=C2c2ccccc2)sc1C(=O)O. The Morgan fingerprint density at radius 3 is 2.35 bits per heavy atom. The number of aromatic carboxylic acids is 1. The fourth-order valence-electron chi connectivity index (χ4n) is 3.26. The maximum Gasteiger partial charge on any atom is 0.347 e. The van der Waals surface area contributed by atoms with Crippen LogP contribution in [0.2, 0.25) is 0 Å². The molecule has 0 aliphatic carbocycles. The Bertz CT molecular complexity index is 1440. The number of aryl methyl sites for hydroxylation is 1. The van der Waals surface area contributed by atoms with Gasteiger partial charge in [-0.25, -0.2) is 14.8 Å². The van der Waals surface area contributed by atoms with Gasteiger partial charge in [0.05, 0.1) is 11.4 Å². The number of carboxylic acid groups (broad SMARTS) is 1. The predicted molar refractivity (Wildman–Crippen MR) is 133 cm³/mol. The molecule has 1 aliphatic rings. The summed E-state index contributed by atoms with van der Waals surface area (Å²) < 4.78 is 0. The first-order chi connectivity index (χ1) is 16.5. The van der Waals surface area contributed by atoms with Crippen molar-refractivity contribution >= 4 is 56.2 Å². The Balaban J connectivity index is 1.49. The van der Waals surface area contributed by atoms with Gasteiger partial charge in [0.1, 0.15) is 10.6 Å². The van der Waals surface area contributed by atoms with E-state index in [-0.39, 0.29) is 15.7 Å². The molecular formula is C23H16N6O3S2. The van der Waals surface area contributed by atoms with Gasteiger partial charge in [-0.1, -0.05) is 72.0 Å². The Morgan fingerprint density at radius 1 is 1.03 bits per heavy atom. The van der Waals surface area contributed by atoms with Crippen molar-refractivity contribution in [3.8, 4) is 11.3 Å². The van der Waals surface area contributed by atoms with Gasteiger partial charge in [0.2, 0.25) is 10.3 Å². The van der Waals surface area contributed by atoms with Crippen molar-refractivity contribution in [2.75, 3.05) is 10.4 Å². The number of hydrogen-bond donors (Lipinski definition) is 2. The lowest BCUT2D eigenvalue weighted by Gasteiger charge is -2.06. The molecule has 4 aromatic rings. The minimum absolute atomic E-state index is 0.0763. The average molecular weight is 489 g/mol. The standard InChI is InChI=1S/C23H16N6O3S2/c1-13-19(21(31)32)34-22(24-13)27-26-18-17(15-10-6-3-7-11-15)28-29(20(18)30)23-25-16(12-33-23)14-8-4-2-5-9-14/h2-12H,1H3,(H,24,27)(H,31,32)/b26-18+. The van der Waals surface area contributed by atoms with Gasteiger partial charge in [-0.15, -0.1) is 11.3 Å². The number of nitrogens with zero attached hydrogens (tertiary/aromatic N) is 5. The molecule has 5 rings (SSSR count). The van der Waals surface area contributed by atoms with Crippen LogP contribution in [0, 0.1) is 6.92 Å². The summed E-state index contributed by atoms with van der Waals surface area (Å²) in [5, 5.41) is 21.8. The molecule has 34 heavy (non-hydrogen) atoms. The van der Waals surface area contributed by atoms with Crippen molar-refractivity contribution in [1.29, 1.82) is 0 Å². The molecule has 1 amide bonds. The molecule has 168 valence electrons. The van der Waals surface area contributed by atoms with E-state index in [1.807, 2.05) is 66.0 Å². The Hall–Kier alpha value is -4.22. The summed E-state index contributed by atoms with van der Waals surface area (Å²) in [7, 11) is 0. The van der Waals surface area contributed by atoms with Crippen molar-refractivity contribution in [2.24, 2.45) is 10.2 Å². The van der Waals surface area contributed by atoms with Crippen LogP contribution in [0.1, 0.15) is 20.9 Å². The number of amides is 1. The van der Waals surface area contributed by atoms with Gasteiger partial charge < -0.3 is 5.11 Å². The number of nitrogens with one attached hydrogen (secondary N) is 1. The molecule has 2 aromatic heterocycles. The summed E-state index contributed by atoms with van der Waals surface area (Å²) in [6, 6.07) is 18.9. The van der Waals surface area contributed by atoms with Crippen molar-refractivity contribution in [3.05, 3.63) is 82.2 Å². The summed E-state index contributed by atoms with van der Waals surface area (Å²) in [6.07, 6.45) is 0. The van der Waals surface area contributed by atoms with E-state index < -0.39 is 11.9 Å². The highest BCUT2D eigenvalue weighted by atomic mass is 32.1. The second kappa shape index (κ2) is 8.96. The summed E-state index contributed by atoms with van der Waals surface area (Å²) >= 11 is 2.25. The zero-order chi connectivity index (χ0) is 23.7. The smallest absolute Gasteiger partial charge is 0.347 e. The van der Waals surface area contributed by atoms with Crippen LogP contribution in [0.25, 0.3) is 11.3 Å². The fraction of sp³-hybridized carbons (Fsp3) is 0.0435. The van der Waals surface area contributed by atoms with E-state index in [1.54, 1.807) is 6.92 Å². The van der Waals surface area contributed by atoms with Crippen LogP contribution in [0.15, 0.2) is 76.2 Å². The van der Waals surface area contributed by atoms with Gasteiger partial charge in [0.15, 0.2) is 5.71 Å². The molecule has 0 saturated heterocycles. The Labute approximate surface area is 201 Å². The van der Waals surface area contributed by atoms with Crippen molar-refractivity contribution in [3.63, 3.8) is 0 Å². The van der Waals surface area contributed by atoms with E-state index in [4.69, 9.17) is 0 Å². The third-order valence-electron chi connectivity index (χ3n) is 4.86. The van der Waals surface area contributed by atoms with E-state index in [0.29, 0.717) is 22.1 Å². The number of hydrogen-bond acceptors (Lipinski definition) is 9. The molecule has 0 saturated carbocycles. The lowest BCUT2D eigenvalue weighted by Crippen LogP contribution is -2.28. The van der Waals surface area contributed by atoms with Crippen LogP contribution in [-0.2, 0) is 4.79 Å². The van der Waals surface area contributed by atoms with Gasteiger partial charge in [0, 0.05) is 16.5 Å². The van der Waals surface area contributed by atoms with Crippen molar-refractivity contribution < 1.29 is 14.7 Å². The zero-order valence-electron chi connectivity index (χ0n) is 17.7. The van der Waals surface area contributed by atoms with Crippen molar-refractivity contribution in [1.82, 2.24) is 9.97 Å². The van der Waals surface area contributed by atoms with Crippen LogP contribution in [-0.4, -0.2) is 38.4 Å². The molecule has 2 aromatic carbocycles. The first-order valence-corrected chi connectivity index (χ1v) is 11.7. The Kier molecular flexibility index (Phi) is 5.70. The molecule has 1 aliphatic heterocycles. The number of hydrazone groups is 2. The van der Waals surface area contributed by atoms with E-state index in [2.05, 4.69) is 25.6 Å². The monoisotopic (exact) mass is 488 g/mol. The third kappa shape index (κ3) is 4.09. The Morgan fingerprint density at radius 2 is 1.71 bits per heavy atom. The molecule has 0 unspecified atom stereocenters. The maximum absolute atomic E-state index is 13.3. The number of rotatable bonds is 6. The topological polar surface area (TPSA) is 120 Å². The molecule has 0 fully saturated rings. The normalized spacial score (nSPS) is 14.5. The number of carbonyl (C=O) groups excluding carboxylic acids is 1. The van der Waals surface area contributed by atoms with Crippen LogP contribution in [0.3, 0.4) is 0 Å². The molecule has 0 bridgehead atoms. The molecule has 2 N–H and O–H groups in total. The fourth-order valence-corrected chi connectivity index (χ4v) is 4.79. The number of carboxylic acids is 1. The van der Waals surface area contributed by atoms with Gasteiger partial charge in [-0.3, -0.25) is 10.2 Å². The number of anilines is 2. The van der Waals surface area contributed by atoms with Gasteiger partial charge in [0.25, 0.3) is 0 Å². The number of benzene rings is 2. The lowest BCUT2D eigenvalue weighted by molar-refractivity contribution is -0.112. The molecule has 9 nitrogen and oxygen atoms in total. The van der Waals surface area contributed by atoms with Crippen LogP contribution < -0.4 is 10.4 Å². The van der Waals surface area contributed by atoms with Crippen LogP contribution >= 0.6 is 22.7 Å². The minimum Gasteiger partial charge on any atom is -0.477 e. The van der Waals surface area contributed by atoms with Crippen LogP contribution in [0.4, 0.5) is 10.3 Å². The minimum atomic E-state index is -1.07. The highest BCUT2D eigenvalue weighted by molar-refractivity contribution is 7.17. The average Bonchev–Trinajstić information content (AvgIpc) is 3.56. The molecule has 3 heterocycles. The van der Waals surface area contributed by atoms with Crippen molar-refractivity contribution in [2.45, 2.75) is 6.92 Å². The highest BCUT2D eigenvalue weighted by Crippen LogP contribution is 2.30. The molecule has 0 atom stereocenters. The summed E-state index contributed by atoms with van der Waals surface area (Å²) in [5.74, 6) is -1.52. The van der Waals surface area contributed by atoms with Gasteiger partial charge in [-0.05, 0) is 6.92 Å². The van der Waals surface area contributed by atoms with E-state index in [9.17, 15) is 14.7 Å². The predicted octanol–water partition coefficient (Wildman–Crippen LogP) is 4.49. The highest BCUT2D eigenvalue weighted by Gasteiger charge is 2.36. The molecular weight excluding hydrogens is 472 g/mol. The lowest BCUT2D eigenvalue weighted by atomic mass is 10.1. The summed E-state index contributed by atoms with van der Waals surface area (Å²) in [4.78, 5) is 33.5. The number of thiazole rings is 2. The first kappa shape index (κ1) is 21.6. The summed E-state index contributed by atoms with van der Waals surface area (Å²) in [5.41, 5.74) is 5.93. The third-order valence-corrected chi connectivity index (χ3v) is 6.73. The first-order valence-electron chi connectivity index (χ1n) is 10.1. The number of aromatic nitrogens is 2. The summed E-state index contributed by atoms with van der Waals surface area (Å²) in [6.45, 7) is 1.60. The molecule has 0 radical (unpaired) electrons. The molecule has 0 spiro atoms. The van der Waals surface area contributed by atoms with E-state index in [1.165, 1.54) is 16.3 Å². The largest absolute Gasteiger partial charge is 0.477 e. The number of carbonyl (C=O) groups is 2. The van der Waals surface area contributed by atoms with Gasteiger partial charge >= 0.3 is 11.9 Å². The zero-order valence-corrected chi connectivity index (χ0v) is 19.3. The molecule has 11 heteroatoms. The second-order valence-electron chi connectivity index (χ2n) is 7.12. The van der Waals surface area contributed by atoms with E-state index in [0.717, 1.165) is 22.6 Å².